The van der Waals surface area contributed by atoms with Crippen molar-refractivity contribution >= 4 is 45.7 Å². The number of fused-ring (bicyclic) bond motifs is 1. The van der Waals surface area contributed by atoms with Crippen LogP contribution in [-0.4, -0.2) is 28.7 Å². The lowest BCUT2D eigenvalue weighted by Crippen LogP contribution is -2.13. The summed E-state index contributed by atoms with van der Waals surface area (Å²) in [6.45, 7) is 1.73. The Morgan fingerprint density at radius 1 is 1.33 bits per heavy atom. The largest absolute Gasteiger partial charge is 0.495 e. The van der Waals surface area contributed by atoms with Gasteiger partial charge in [-0.1, -0.05) is 11.6 Å². The lowest BCUT2D eigenvalue weighted by atomic mass is 10.1. The number of aromatic nitrogens is 1. The van der Waals surface area contributed by atoms with Crippen LogP contribution in [0.2, 0.25) is 5.02 Å². The van der Waals surface area contributed by atoms with Crippen LogP contribution in [0.15, 0.2) is 29.0 Å². The lowest BCUT2D eigenvalue weighted by Gasteiger charge is -2.07. The van der Waals surface area contributed by atoms with Crippen molar-refractivity contribution in [2.75, 3.05) is 7.11 Å². The van der Waals surface area contributed by atoms with E-state index in [2.05, 4.69) is 0 Å². The number of benzene rings is 1. The van der Waals surface area contributed by atoms with Gasteiger partial charge in [0.2, 0.25) is 0 Å². The van der Waals surface area contributed by atoms with Crippen LogP contribution in [0.4, 0.5) is 0 Å². The van der Waals surface area contributed by atoms with E-state index in [4.69, 9.17) is 16.3 Å². The topological polar surface area (TPSA) is 68.5 Å². The Bertz CT molecular complexity index is 944. The van der Waals surface area contributed by atoms with Crippen molar-refractivity contribution in [3.8, 4) is 5.75 Å². The van der Waals surface area contributed by atoms with E-state index in [0.717, 1.165) is 0 Å². The average Bonchev–Trinajstić information content (AvgIpc) is 3.15. The van der Waals surface area contributed by atoms with Gasteiger partial charge >= 0.3 is 5.97 Å². The van der Waals surface area contributed by atoms with Gasteiger partial charge in [-0.15, -0.1) is 0 Å². The number of halogens is 1. The molecule has 0 spiro atoms. The smallest absolute Gasteiger partial charge is 0.307 e. The van der Waals surface area contributed by atoms with Crippen molar-refractivity contribution in [2.45, 2.75) is 13.3 Å². The summed E-state index contributed by atoms with van der Waals surface area (Å²) in [5, 5.41) is 13.7. The van der Waals surface area contributed by atoms with Crippen molar-refractivity contribution < 1.29 is 19.4 Å². The Morgan fingerprint density at radius 3 is 2.67 bits per heavy atom. The van der Waals surface area contributed by atoms with Gasteiger partial charge in [-0.05, 0) is 36.1 Å². The van der Waals surface area contributed by atoms with E-state index < -0.39 is 5.97 Å². The van der Waals surface area contributed by atoms with Gasteiger partial charge in [0, 0.05) is 16.5 Å². The lowest BCUT2D eigenvalue weighted by molar-refractivity contribution is -0.136. The molecule has 0 aliphatic rings. The number of aliphatic carboxylic acids is 1. The molecule has 3 rings (SSSR count). The van der Waals surface area contributed by atoms with Gasteiger partial charge in [0.15, 0.2) is 0 Å². The first kappa shape index (κ1) is 16.5. The standard InChI is InChI=1S/C17H14ClNO4S/c1-9-11(7-14(20)21)15-12(3-4-13(23-2)16(15)18)19(9)17(22)10-5-6-24-8-10/h3-6,8H,7H2,1-2H3,(H,20,21). The highest BCUT2D eigenvalue weighted by molar-refractivity contribution is 7.08. The Balaban J connectivity index is 2.34. The second-order valence-electron chi connectivity index (χ2n) is 5.26. The summed E-state index contributed by atoms with van der Waals surface area (Å²) in [5.74, 6) is -0.758. The van der Waals surface area contributed by atoms with Gasteiger partial charge in [0.05, 0.1) is 29.6 Å². The molecule has 0 amide bonds. The zero-order chi connectivity index (χ0) is 17.4. The van der Waals surface area contributed by atoms with Crippen LogP contribution in [0.5, 0.6) is 5.75 Å². The number of carbonyl (C=O) groups is 2. The Kier molecular flexibility index (Phi) is 4.34. The van der Waals surface area contributed by atoms with Crippen molar-refractivity contribution in [1.29, 1.82) is 0 Å². The molecule has 7 heteroatoms. The fourth-order valence-electron chi connectivity index (χ4n) is 2.82. The predicted molar refractivity (Wildman–Crippen MR) is 93.6 cm³/mol. The summed E-state index contributed by atoms with van der Waals surface area (Å²) in [6, 6.07) is 5.13. The van der Waals surface area contributed by atoms with Gasteiger partial charge in [-0.25, -0.2) is 0 Å². The summed E-state index contributed by atoms with van der Waals surface area (Å²) in [5.41, 5.74) is 2.21. The third-order valence-electron chi connectivity index (χ3n) is 3.92. The number of nitrogens with zero attached hydrogens (tertiary/aromatic N) is 1. The van der Waals surface area contributed by atoms with Gasteiger partial charge in [0.1, 0.15) is 5.75 Å². The second-order valence-corrected chi connectivity index (χ2v) is 6.42. The Hall–Kier alpha value is -2.31. The van der Waals surface area contributed by atoms with E-state index in [1.807, 2.05) is 5.38 Å². The molecule has 0 radical (unpaired) electrons. The highest BCUT2D eigenvalue weighted by atomic mass is 35.5. The molecule has 0 bridgehead atoms. The number of carbonyl (C=O) groups excluding carboxylic acids is 1. The van der Waals surface area contributed by atoms with Gasteiger partial charge < -0.3 is 9.84 Å². The molecule has 0 fully saturated rings. The maximum atomic E-state index is 12.9. The molecule has 0 aliphatic carbocycles. The van der Waals surface area contributed by atoms with Crippen LogP contribution in [-0.2, 0) is 11.2 Å². The van der Waals surface area contributed by atoms with E-state index in [0.29, 0.717) is 38.5 Å². The number of thiophene rings is 1. The monoisotopic (exact) mass is 363 g/mol. The fraction of sp³-hybridized carbons (Fsp3) is 0.176. The van der Waals surface area contributed by atoms with Crippen LogP contribution >= 0.6 is 22.9 Å². The summed E-state index contributed by atoms with van der Waals surface area (Å²) < 4.78 is 6.74. The molecule has 5 nitrogen and oxygen atoms in total. The van der Waals surface area contributed by atoms with Crippen LogP contribution in [0.3, 0.4) is 0 Å². The molecule has 0 unspecified atom stereocenters. The average molecular weight is 364 g/mol. The van der Waals surface area contributed by atoms with Gasteiger partial charge in [-0.3, -0.25) is 14.2 Å². The molecule has 24 heavy (non-hydrogen) atoms. The minimum Gasteiger partial charge on any atom is -0.495 e. The number of carboxylic acid groups (broad SMARTS) is 1. The third-order valence-corrected chi connectivity index (χ3v) is 4.98. The van der Waals surface area contributed by atoms with Gasteiger partial charge in [0.25, 0.3) is 5.91 Å². The number of carboxylic acids is 1. The maximum Gasteiger partial charge on any atom is 0.307 e. The molecule has 0 saturated carbocycles. The number of hydrogen-bond donors (Lipinski definition) is 1. The Morgan fingerprint density at radius 2 is 2.08 bits per heavy atom. The predicted octanol–water partition coefficient (Wildman–Crippen LogP) is 3.99. The van der Waals surface area contributed by atoms with E-state index in [9.17, 15) is 14.7 Å². The quantitative estimate of drug-likeness (QED) is 0.761. The molecular formula is C17H14ClNO4S. The number of hydrogen-bond acceptors (Lipinski definition) is 4. The minimum absolute atomic E-state index is 0.211. The summed E-state index contributed by atoms with van der Waals surface area (Å²) >= 11 is 7.83. The van der Waals surface area contributed by atoms with Crippen LogP contribution in [0.1, 0.15) is 21.6 Å². The van der Waals surface area contributed by atoms with Crippen molar-refractivity contribution in [2.24, 2.45) is 0 Å². The van der Waals surface area contributed by atoms with Gasteiger partial charge in [-0.2, -0.15) is 11.3 Å². The molecule has 0 aliphatic heterocycles. The maximum absolute atomic E-state index is 12.9. The van der Waals surface area contributed by atoms with Crippen molar-refractivity contribution in [1.82, 2.24) is 4.57 Å². The summed E-state index contributed by atoms with van der Waals surface area (Å²) in [7, 11) is 1.49. The SMILES string of the molecule is COc1ccc2c(c1Cl)c(CC(=O)O)c(C)n2C(=O)c1ccsc1. The van der Waals surface area contributed by atoms with Crippen LogP contribution < -0.4 is 4.74 Å². The minimum atomic E-state index is -0.987. The van der Waals surface area contributed by atoms with Crippen LogP contribution in [0, 0.1) is 6.92 Å². The van der Waals surface area contributed by atoms with E-state index >= 15 is 0 Å². The molecule has 1 aromatic carbocycles. The molecule has 3 aromatic rings. The summed E-state index contributed by atoms with van der Waals surface area (Å²) in [4.78, 5) is 24.1. The summed E-state index contributed by atoms with van der Waals surface area (Å²) in [6.07, 6.45) is -0.223. The first-order valence-corrected chi connectivity index (χ1v) is 8.42. The number of rotatable bonds is 4. The first-order valence-electron chi connectivity index (χ1n) is 7.10. The third kappa shape index (κ3) is 2.57. The Labute approximate surface area is 147 Å². The van der Waals surface area contributed by atoms with E-state index in [-0.39, 0.29) is 12.3 Å². The zero-order valence-corrected chi connectivity index (χ0v) is 14.6. The highest BCUT2D eigenvalue weighted by Gasteiger charge is 2.24. The highest BCUT2D eigenvalue weighted by Crippen LogP contribution is 2.38. The number of ether oxygens (including phenoxy) is 1. The van der Waals surface area contributed by atoms with E-state index in [1.165, 1.54) is 23.0 Å². The molecule has 1 N–H and O–H groups in total. The zero-order valence-electron chi connectivity index (χ0n) is 13.0. The molecule has 0 saturated heterocycles. The second kappa shape index (κ2) is 6.30. The molecular weight excluding hydrogens is 350 g/mol. The molecule has 0 atom stereocenters. The molecule has 2 aromatic heterocycles. The van der Waals surface area contributed by atoms with Crippen LogP contribution in [0.25, 0.3) is 10.9 Å². The normalized spacial score (nSPS) is 11.0. The number of methoxy groups -OCH3 is 1. The van der Waals surface area contributed by atoms with Crippen molar-refractivity contribution in [3.05, 3.63) is 50.8 Å². The van der Waals surface area contributed by atoms with Crippen molar-refractivity contribution in [3.63, 3.8) is 0 Å². The molecule has 124 valence electrons. The first-order chi connectivity index (χ1) is 11.5. The molecule has 2 heterocycles. The fourth-order valence-corrected chi connectivity index (χ4v) is 3.80. The van der Waals surface area contributed by atoms with E-state index in [1.54, 1.807) is 30.5 Å².